The average Bonchev–Trinajstić information content (AvgIpc) is 2.82. The Morgan fingerprint density at radius 1 is 1.23 bits per heavy atom. The minimum absolute atomic E-state index is 0.728. The highest BCUT2D eigenvalue weighted by molar-refractivity contribution is 7.66. The molecule has 16 nitrogen and oxygen atoms in total. The summed E-state index contributed by atoms with van der Waals surface area (Å²) in [4.78, 5) is 60.8. The number of phosphoric acid groups is 3. The number of nitrogens with one attached hydrogen (secondary N) is 1. The third kappa shape index (κ3) is 6.53. The number of aromatic amines is 1. The number of alkyl halides is 1. The van der Waals surface area contributed by atoms with Crippen LogP contribution >= 0.6 is 35.1 Å². The lowest BCUT2D eigenvalue weighted by Crippen LogP contribution is -2.44. The summed E-state index contributed by atoms with van der Waals surface area (Å²) >= 11 is 6.08. The topological polar surface area (TPSA) is 244 Å². The summed E-state index contributed by atoms with van der Waals surface area (Å²) in [7, 11) is -16.9. The summed E-state index contributed by atoms with van der Waals surface area (Å²) in [5.74, 6) is 0. The lowest BCUT2D eigenvalue weighted by molar-refractivity contribution is -0.0955. The molecule has 0 aromatic carbocycles. The van der Waals surface area contributed by atoms with Crippen LogP contribution in [0.25, 0.3) is 0 Å². The van der Waals surface area contributed by atoms with Gasteiger partial charge in [0.1, 0.15) is 17.1 Å². The van der Waals surface area contributed by atoms with E-state index in [-0.39, 0.29) is 0 Å². The van der Waals surface area contributed by atoms with Crippen LogP contribution in [-0.4, -0.2) is 57.9 Å². The number of ether oxygens (including phenoxy) is 1. The van der Waals surface area contributed by atoms with Crippen LogP contribution in [0, 0.1) is 0 Å². The molecule has 176 valence electrons. The second-order valence-corrected chi connectivity index (χ2v) is 10.9. The Balaban J connectivity index is 2.22. The zero-order valence-electron chi connectivity index (χ0n) is 15.0. The van der Waals surface area contributed by atoms with Crippen molar-refractivity contribution < 1.29 is 56.3 Å². The second-order valence-electron chi connectivity index (χ2n) is 5.94. The molecule has 6 N–H and O–H groups in total. The van der Waals surface area contributed by atoms with Gasteiger partial charge in [-0.25, -0.2) is 18.5 Å². The predicted molar refractivity (Wildman–Crippen MR) is 99.8 cm³/mol. The van der Waals surface area contributed by atoms with E-state index in [4.69, 9.17) is 31.0 Å². The van der Waals surface area contributed by atoms with Crippen LogP contribution in [-0.2, 0) is 31.6 Å². The molecule has 0 saturated carbocycles. The summed E-state index contributed by atoms with van der Waals surface area (Å²) < 4.78 is 51.8. The maximum Gasteiger partial charge on any atom is 0.490 e. The quantitative estimate of drug-likeness (QED) is 0.132. The van der Waals surface area contributed by atoms with E-state index in [1.165, 1.54) is 0 Å². The van der Waals surface area contributed by atoms with Gasteiger partial charge in [-0.2, -0.15) is 8.62 Å². The first-order chi connectivity index (χ1) is 14.0. The van der Waals surface area contributed by atoms with Gasteiger partial charge < -0.3 is 29.4 Å². The summed E-state index contributed by atoms with van der Waals surface area (Å²) in [5.41, 5.74) is -3.76. The SMILES string of the molecule is C=C[C@]1(COP(=O)(O)OP(=O)(O)OP(=O)(O)O)O[C@@H](n2ccc(=O)[nH]c2=O)[C@H](Cl)[C@@H]1O. The number of nitrogens with zero attached hydrogens (tertiary/aromatic N) is 1. The van der Waals surface area contributed by atoms with E-state index in [1.807, 2.05) is 4.98 Å². The van der Waals surface area contributed by atoms with E-state index in [2.05, 4.69) is 19.7 Å². The van der Waals surface area contributed by atoms with Crippen molar-refractivity contribution in [3.8, 4) is 0 Å². The Morgan fingerprint density at radius 2 is 1.84 bits per heavy atom. The van der Waals surface area contributed by atoms with Crippen molar-refractivity contribution in [2.75, 3.05) is 6.61 Å². The number of H-pyrrole nitrogens is 1. The first-order valence-electron chi connectivity index (χ1n) is 7.74. The maximum absolute atomic E-state index is 12.0. The zero-order valence-corrected chi connectivity index (χ0v) is 18.4. The molecule has 0 aliphatic carbocycles. The van der Waals surface area contributed by atoms with Crippen molar-refractivity contribution in [3.05, 3.63) is 45.8 Å². The molecule has 2 heterocycles. The normalized spacial score (nSPS) is 30.5. The second kappa shape index (κ2) is 9.12. The Hall–Kier alpha value is -0.960. The molecule has 20 heteroatoms. The standard InChI is InChI=1S/C11H16ClN2O14P3/c1-2-11(5-25-30(21,22)28-31(23,24)27-29(18,19)20)8(16)7(12)9(26-11)14-4-3-6(15)13-10(14)17/h2-4,7-9,16H,1,5H2,(H,21,22)(H,23,24)(H,13,15,17)(H2,18,19,20)/t7-,8+,9-,11-/m1/s1. The third-order valence-electron chi connectivity index (χ3n) is 3.75. The molecule has 0 radical (unpaired) electrons. The molecule has 1 saturated heterocycles. The smallest absolute Gasteiger partial charge is 0.388 e. The first kappa shape index (κ1) is 26.3. The fraction of sp³-hybridized carbons (Fsp3) is 0.455. The van der Waals surface area contributed by atoms with Crippen LogP contribution in [0.2, 0.25) is 0 Å². The van der Waals surface area contributed by atoms with E-state index in [0.717, 1.165) is 22.9 Å². The van der Waals surface area contributed by atoms with Gasteiger partial charge in [-0.15, -0.1) is 18.2 Å². The van der Waals surface area contributed by atoms with Crippen molar-refractivity contribution >= 4 is 35.1 Å². The highest BCUT2D eigenvalue weighted by atomic mass is 35.5. The molecule has 0 bridgehead atoms. The van der Waals surface area contributed by atoms with E-state index >= 15 is 0 Å². The van der Waals surface area contributed by atoms with Crippen LogP contribution < -0.4 is 11.2 Å². The molecular weight excluding hydrogens is 512 g/mol. The molecule has 2 unspecified atom stereocenters. The molecule has 1 aromatic heterocycles. The maximum atomic E-state index is 12.0. The molecule has 0 spiro atoms. The highest BCUT2D eigenvalue weighted by Crippen LogP contribution is 2.66. The minimum atomic E-state index is -5.76. The largest absolute Gasteiger partial charge is 0.490 e. The Morgan fingerprint density at radius 3 is 2.35 bits per heavy atom. The molecule has 1 aromatic rings. The van der Waals surface area contributed by atoms with Gasteiger partial charge >= 0.3 is 29.2 Å². The summed E-state index contributed by atoms with van der Waals surface area (Å²) in [6, 6.07) is 0.959. The van der Waals surface area contributed by atoms with Gasteiger partial charge in [-0.05, 0) is 0 Å². The number of aliphatic hydroxyl groups excluding tert-OH is 1. The van der Waals surface area contributed by atoms with Crippen molar-refractivity contribution in [3.63, 3.8) is 0 Å². The molecular formula is C11H16ClN2O14P3. The van der Waals surface area contributed by atoms with E-state index in [1.54, 1.807) is 0 Å². The van der Waals surface area contributed by atoms with E-state index < -0.39 is 64.6 Å². The average molecular weight is 529 g/mol. The highest BCUT2D eigenvalue weighted by Gasteiger charge is 2.55. The molecule has 6 atom stereocenters. The van der Waals surface area contributed by atoms with Gasteiger partial charge in [0.25, 0.3) is 5.56 Å². The number of hydrogen-bond donors (Lipinski definition) is 6. The fourth-order valence-electron chi connectivity index (χ4n) is 2.46. The van der Waals surface area contributed by atoms with Crippen molar-refractivity contribution in [2.24, 2.45) is 0 Å². The molecule has 31 heavy (non-hydrogen) atoms. The van der Waals surface area contributed by atoms with Crippen molar-refractivity contribution in [2.45, 2.75) is 23.3 Å². The van der Waals surface area contributed by atoms with Crippen LogP contribution in [0.1, 0.15) is 6.23 Å². The van der Waals surface area contributed by atoms with Crippen molar-refractivity contribution in [1.82, 2.24) is 9.55 Å². The summed E-state index contributed by atoms with van der Waals surface area (Å²) in [6.45, 7) is 2.28. The molecule has 0 amide bonds. The Kier molecular flexibility index (Phi) is 7.73. The van der Waals surface area contributed by atoms with Gasteiger partial charge in [-0.3, -0.25) is 18.9 Å². The minimum Gasteiger partial charge on any atom is -0.388 e. The number of rotatable bonds is 9. The van der Waals surface area contributed by atoms with Gasteiger partial charge in [0.05, 0.1) is 6.61 Å². The van der Waals surface area contributed by atoms with E-state index in [9.17, 15) is 33.3 Å². The summed E-state index contributed by atoms with van der Waals surface area (Å²) in [5, 5.41) is 9.04. The van der Waals surface area contributed by atoms with Gasteiger partial charge in [0.2, 0.25) is 0 Å². The van der Waals surface area contributed by atoms with Gasteiger partial charge in [0, 0.05) is 12.3 Å². The lowest BCUT2D eigenvalue weighted by Gasteiger charge is -2.29. The van der Waals surface area contributed by atoms with Crippen LogP contribution in [0.3, 0.4) is 0 Å². The van der Waals surface area contributed by atoms with Crippen LogP contribution in [0.15, 0.2) is 34.5 Å². The van der Waals surface area contributed by atoms with Crippen LogP contribution in [0.4, 0.5) is 0 Å². The predicted octanol–water partition coefficient (Wildman–Crippen LogP) is -0.698. The van der Waals surface area contributed by atoms with Crippen LogP contribution in [0.5, 0.6) is 0 Å². The number of phosphoric ester groups is 1. The molecule has 1 fully saturated rings. The number of aromatic nitrogens is 2. The number of halogens is 1. The molecule has 2 rings (SSSR count). The fourth-order valence-corrected chi connectivity index (χ4v) is 5.90. The van der Waals surface area contributed by atoms with Gasteiger partial charge in [0.15, 0.2) is 6.23 Å². The zero-order chi connectivity index (χ0) is 23.8. The first-order valence-corrected chi connectivity index (χ1v) is 12.7. The van der Waals surface area contributed by atoms with E-state index in [0.29, 0.717) is 0 Å². The number of hydrogen-bond acceptors (Lipinski definition) is 10. The Bertz CT molecular complexity index is 1100. The van der Waals surface area contributed by atoms with Crippen molar-refractivity contribution in [1.29, 1.82) is 0 Å². The summed E-state index contributed by atoms with van der Waals surface area (Å²) in [6.07, 6.45) is -1.25. The molecule has 1 aliphatic rings. The monoisotopic (exact) mass is 528 g/mol. The third-order valence-corrected chi connectivity index (χ3v) is 7.99. The number of aliphatic hydroxyl groups is 1. The molecule has 1 aliphatic heterocycles. The lowest BCUT2D eigenvalue weighted by atomic mass is 9.98. The van der Waals surface area contributed by atoms with Gasteiger partial charge in [-0.1, -0.05) is 6.08 Å². The Labute approximate surface area is 177 Å².